The van der Waals surface area contributed by atoms with Gasteiger partial charge in [-0.25, -0.2) is 0 Å². The van der Waals surface area contributed by atoms with Gasteiger partial charge in [-0.1, -0.05) is 19.1 Å². The molecule has 1 rings (SSSR count). The van der Waals surface area contributed by atoms with E-state index in [0.717, 1.165) is 11.3 Å². The number of nitriles is 1. The summed E-state index contributed by atoms with van der Waals surface area (Å²) < 4.78 is 27.6. The van der Waals surface area contributed by atoms with E-state index in [1.807, 2.05) is 56.3 Å². The number of nitrogens with zero attached hydrogens (tertiary/aromatic N) is 4. The van der Waals surface area contributed by atoms with E-state index in [0.29, 0.717) is 13.1 Å². The summed E-state index contributed by atoms with van der Waals surface area (Å²) in [5.41, 5.74) is 2.01. The lowest BCUT2D eigenvalue weighted by molar-refractivity contribution is 0.366. The molecule has 122 valence electrons. The van der Waals surface area contributed by atoms with E-state index >= 15 is 0 Å². The zero-order chi connectivity index (χ0) is 16.8. The zero-order valence-electron chi connectivity index (χ0n) is 13.7. The van der Waals surface area contributed by atoms with E-state index in [2.05, 4.69) is 0 Å². The molecule has 1 aromatic rings. The van der Waals surface area contributed by atoms with Crippen molar-refractivity contribution < 1.29 is 8.42 Å². The highest BCUT2D eigenvalue weighted by Gasteiger charge is 2.25. The Kier molecular flexibility index (Phi) is 6.81. The first-order valence-electron chi connectivity index (χ1n) is 7.17. The van der Waals surface area contributed by atoms with Gasteiger partial charge in [-0.3, -0.25) is 0 Å². The molecule has 1 aromatic carbocycles. The summed E-state index contributed by atoms with van der Waals surface area (Å²) in [4.78, 5) is 1.99. The first kappa shape index (κ1) is 18.4. The van der Waals surface area contributed by atoms with E-state index in [9.17, 15) is 8.42 Å². The lowest BCUT2D eigenvalue weighted by Crippen LogP contribution is -2.41. The summed E-state index contributed by atoms with van der Waals surface area (Å²) in [6.45, 7) is 2.72. The highest BCUT2D eigenvalue weighted by Crippen LogP contribution is 2.16. The average Bonchev–Trinajstić information content (AvgIpc) is 2.50. The molecule has 7 heteroatoms. The van der Waals surface area contributed by atoms with Gasteiger partial charge < -0.3 is 4.90 Å². The zero-order valence-corrected chi connectivity index (χ0v) is 14.5. The first-order chi connectivity index (χ1) is 10.3. The van der Waals surface area contributed by atoms with Crippen molar-refractivity contribution in [3.8, 4) is 6.07 Å². The van der Waals surface area contributed by atoms with Crippen LogP contribution in [0.25, 0.3) is 0 Å². The Morgan fingerprint density at radius 1 is 1.14 bits per heavy atom. The normalized spacial score (nSPS) is 11.7. The maximum Gasteiger partial charge on any atom is 0.282 e. The first-order valence-corrected chi connectivity index (χ1v) is 8.57. The van der Waals surface area contributed by atoms with Crippen LogP contribution in [-0.4, -0.2) is 51.3 Å². The molecule has 0 aromatic heterocycles. The van der Waals surface area contributed by atoms with Crippen LogP contribution in [0.15, 0.2) is 24.3 Å². The lowest BCUT2D eigenvalue weighted by atomic mass is 10.2. The summed E-state index contributed by atoms with van der Waals surface area (Å²) in [7, 11) is 1.88. The van der Waals surface area contributed by atoms with Crippen LogP contribution in [0, 0.1) is 11.3 Å². The second-order valence-electron chi connectivity index (χ2n) is 5.22. The Bertz CT molecular complexity index is 605. The maximum absolute atomic E-state index is 12.5. The maximum atomic E-state index is 12.5. The van der Waals surface area contributed by atoms with Crippen molar-refractivity contribution in [2.24, 2.45) is 0 Å². The van der Waals surface area contributed by atoms with Crippen LogP contribution in [0.3, 0.4) is 0 Å². The van der Waals surface area contributed by atoms with Crippen molar-refractivity contribution >= 4 is 15.9 Å². The fourth-order valence-electron chi connectivity index (χ4n) is 1.98. The molecule has 0 aliphatic carbocycles. The number of benzene rings is 1. The Balaban J connectivity index is 2.85. The van der Waals surface area contributed by atoms with Crippen molar-refractivity contribution in [2.45, 2.75) is 19.9 Å². The molecule has 0 spiro atoms. The van der Waals surface area contributed by atoms with Gasteiger partial charge in [0.2, 0.25) is 0 Å². The highest BCUT2D eigenvalue weighted by atomic mass is 32.2. The van der Waals surface area contributed by atoms with Crippen LogP contribution in [-0.2, 0) is 16.8 Å². The van der Waals surface area contributed by atoms with Gasteiger partial charge in [-0.15, -0.1) is 0 Å². The summed E-state index contributed by atoms with van der Waals surface area (Å²) in [6.07, 6.45) is 0.185. The predicted octanol–water partition coefficient (Wildman–Crippen LogP) is 1.66. The van der Waals surface area contributed by atoms with Crippen LogP contribution >= 0.6 is 0 Å². The fourth-order valence-corrected chi connectivity index (χ4v) is 3.33. The van der Waals surface area contributed by atoms with Crippen molar-refractivity contribution in [1.82, 2.24) is 8.61 Å². The molecule has 0 amide bonds. The third-order valence-electron chi connectivity index (χ3n) is 3.42. The predicted molar refractivity (Wildman–Crippen MR) is 88.6 cm³/mol. The van der Waals surface area contributed by atoms with Crippen LogP contribution in [0.4, 0.5) is 5.69 Å². The third-order valence-corrected chi connectivity index (χ3v) is 5.43. The van der Waals surface area contributed by atoms with Gasteiger partial charge in [0.05, 0.1) is 6.07 Å². The fraction of sp³-hybridized carbons (Fsp3) is 0.533. The molecule has 0 saturated heterocycles. The Labute approximate surface area is 133 Å². The number of anilines is 1. The molecule has 0 fully saturated rings. The summed E-state index contributed by atoms with van der Waals surface area (Å²) >= 11 is 0. The minimum Gasteiger partial charge on any atom is -0.378 e. The van der Waals surface area contributed by atoms with Crippen LogP contribution in [0.5, 0.6) is 0 Å². The van der Waals surface area contributed by atoms with Crippen molar-refractivity contribution in [1.29, 1.82) is 5.26 Å². The number of hydrogen-bond donors (Lipinski definition) is 0. The molecule has 0 N–H and O–H groups in total. The molecule has 0 bridgehead atoms. The minimum atomic E-state index is -3.54. The van der Waals surface area contributed by atoms with Gasteiger partial charge >= 0.3 is 0 Å². The van der Waals surface area contributed by atoms with Gasteiger partial charge in [0.1, 0.15) is 0 Å². The largest absolute Gasteiger partial charge is 0.378 e. The second-order valence-corrected chi connectivity index (χ2v) is 7.26. The lowest BCUT2D eigenvalue weighted by Gasteiger charge is -2.26. The summed E-state index contributed by atoms with van der Waals surface area (Å²) in [5, 5.41) is 8.59. The quantitative estimate of drug-likeness (QED) is 0.729. The van der Waals surface area contributed by atoms with E-state index < -0.39 is 10.2 Å². The van der Waals surface area contributed by atoms with E-state index in [1.165, 1.54) is 15.7 Å². The minimum absolute atomic E-state index is 0.185. The van der Waals surface area contributed by atoms with Gasteiger partial charge in [0.25, 0.3) is 10.2 Å². The standard InChI is InChI=1S/C15H24N4O2S/c1-5-19(22(20,21)18(4)12-6-11-16)13-14-7-9-15(10-8-14)17(2)3/h7-10H,5-6,12-13H2,1-4H3. The van der Waals surface area contributed by atoms with Crippen LogP contribution < -0.4 is 4.90 Å². The van der Waals surface area contributed by atoms with Gasteiger partial charge in [-0.2, -0.15) is 22.3 Å². The molecule has 0 aliphatic heterocycles. The van der Waals surface area contributed by atoms with Crippen molar-refractivity contribution in [3.63, 3.8) is 0 Å². The van der Waals surface area contributed by atoms with E-state index in [4.69, 9.17) is 5.26 Å². The van der Waals surface area contributed by atoms with Crippen LogP contribution in [0.2, 0.25) is 0 Å². The Morgan fingerprint density at radius 3 is 2.18 bits per heavy atom. The number of hydrogen-bond acceptors (Lipinski definition) is 4. The summed E-state index contributed by atoms with van der Waals surface area (Å²) in [5.74, 6) is 0. The molecule has 22 heavy (non-hydrogen) atoms. The second kappa shape index (κ2) is 8.13. The van der Waals surface area contributed by atoms with Crippen molar-refractivity contribution in [3.05, 3.63) is 29.8 Å². The van der Waals surface area contributed by atoms with E-state index in [-0.39, 0.29) is 13.0 Å². The molecule has 6 nitrogen and oxygen atoms in total. The molecule has 0 heterocycles. The van der Waals surface area contributed by atoms with Gasteiger partial charge in [0, 0.05) is 52.9 Å². The topological polar surface area (TPSA) is 67.7 Å². The molecule has 0 radical (unpaired) electrons. The van der Waals surface area contributed by atoms with E-state index in [1.54, 1.807) is 0 Å². The van der Waals surface area contributed by atoms with Crippen LogP contribution in [0.1, 0.15) is 18.9 Å². The summed E-state index contributed by atoms with van der Waals surface area (Å²) in [6, 6.07) is 9.77. The average molecular weight is 324 g/mol. The van der Waals surface area contributed by atoms with Crippen molar-refractivity contribution in [2.75, 3.05) is 39.1 Å². The smallest absolute Gasteiger partial charge is 0.282 e. The molecule has 0 atom stereocenters. The van der Waals surface area contributed by atoms with Gasteiger partial charge in [-0.05, 0) is 17.7 Å². The molecular weight excluding hydrogens is 300 g/mol. The Hall–Kier alpha value is -1.62. The highest BCUT2D eigenvalue weighted by molar-refractivity contribution is 7.86. The molecule has 0 saturated carbocycles. The third kappa shape index (κ3) is 4.70. The number of rotatable bonds is 8. The SMILES string of the molecule is CCN(Cc1ccc(N(C)C)cc1)S(=O)(=O)N(C)CCC#N. The molecule has 0 aliphatic rings. The molecular formula is C15H24N4O2S. The van der Waals surface area contributed by atoms with Gasteiger partial charge in [0.15, 0.2) is 0 Å². The molecule has 0 unspecified atom stereocenters. The monoisotopic (exact) mass is 324 g/mol. The Morgan fingerprint density at radius 2 is 1.73 bits per heavy atom.